The molecule has 0 aliphatic carbocycles. The van der Waals surface area contributed by atoms with Gasteiger partial charge in [-0.25, -0.2) is 0 Å². The van der Waals surface area contributed by atoms with E-state index in [1.54, 1.807) is 0 Å². The van der Waals surface area contributed by atoms with Crippen molar-refractivity contribution in [2.75, 3.05) is 6.61 Å². The molecule has 1 aliphatic rings. The average Bonchev–Trinajstić information content (AvgIpc) is 2.86. The number of hydrogen-bond donors (Lipinski definition) is 1. The monoisotopic (exact) mass is 253 g/mol. The van der Waals surface area contributed by atoms with Crippen LogP contribution in [0.5, 0.6) is 0 Å². The molecule has 18 heavy (non-hydrogen) atoms. The lowest BCUT2D eigenvalue weighted by molar-refractivity contribution is 0.0153. The zero-order valence-corrected chi connectivity index (χ0v) is 11.3. The Morgan fingerprint density at radius 3 is 2.94 bits per heavy atom. The highest BCUT2D eigenvalue weighted by molar-refractivity contribution is 4.95. The van der Waals surface area contributed by atoms with E-state index in [-0.39, 0.29) is 12.1 Å². The summed E-state index contributed by atoms with van der Waals surface area (Å²) in [5, 5.41) is 4.00. The topological polar surface area (TPSA) is 74.2 Å². The molecule has 2 N–H and O–H groups in total. The van der Waals surface area contributed by atoms with Gasteiger partial charge in [0.2, 0.25) is 5.89 Å². The molecule has 1 aromatic rings. The Morgan fingerprint density at radius 2 is 2.28 bits per heavy atom. The Kier molecular flexibility index (Phi) is 4.72. The van der Waals surface area contributed by atoms with Gasteiger partial charge in [0, 0.05) is 13.0 Å². The SMILES string of the molecule is CC[C@H](C)[C@H](N)c1nc(CC2CCCCO2)no1. The van der Waals surface area contributed by atoms with E-state index in [1.807, 2.05) is 0 Å². The van der Waals surface area contributed by atoms with Crippen molar-refractivity contribution >= 4 is 0 Å². The van der Waals surface area contributed by atoms with Crippen molar-refractivity contribution in [3.8, 4) is 0 Å². The maximum absolute atomic E-state index is 6.07. The Labute approximate surface area is 108 Å². The first kappa shape index (κ1) is 13.5. The highest BCUT2D eigenvalue weighted by Crippen LogP contribution is 2.21. The molecule has 1 fully saturated rings. The van der Waals surface area contributed by atoms with Crippen LogP contribution in [0.1, 0.15) is 57.3 Å². The molecule has 102 valence electrons. The molecule has 1 aliphatic heterocycles. The Hall–Kier alpha value is -0.940. The van der Waals surface area contributed by atoms with Gasteiger partial charge in [0.05, 0.1) is 12.1 Å². The van der Waals surface area contributed by atoms with Crippen LogP contribution >= 0.6 is 0 Å². The van der Waals surface area contributed by atoms with Crippen molar-refractivity contribution in [2.45, 2.75) is 58.1 Å². The average molecular weight is 253 g/mol. The van der Waals surface area contributed by atoms with Crippen LogP contribution in [0.3, 0.4) is 0 Å². The van der Waals surface area contributed by atoms with Gasteiger partial charge in [-0.15, -0.1) is 0 Å². The Morgan fingerprint density at radius 1 is 1.44 bits per heavy atom. The summed E-state index contributed by atoms with van der Waals surface area (Å²) >= 11 is 0. The van der Waals surface area contributed by atoms with E-state index >= 15 is 0 Å². The highest BCUT2D eigenvalue weighted by atomic mass is 16.5. The zero-order chi connectivity index (χ0) is 13.0. The molecule has 0 amide bonds. The molecule has 3 atom stereocenters. The normalized spacial score (nSPS) is 23.8. The highest BCUT2D eigenvalue weighted by Gasteiger charge is 2.22. The van der Waals surface area contributed by atoms with Crippen LogP contribution in [0.2, 0.25) is 0 Å². The fourth-order valence-electron chi connectivity index (χ4n) is 2.16. The summed E-state index contributed by atoms with van der Waals surface area (Å²) in [7, 11) is 0. The lowest BCUT2D eigenvalue weighted by atomic mass is 10.0. The van der Waals surface area contributed by atoms with Gasteiger partial charge in [0.25, 0.3) is 0 Å². The summed E-state index contributed by atoms with van der Waals surface area (Å²) in [6.07, 6.45) is 5.45. The molecule has 2 heterocycles. The molecule has 0 bridgehead atoms. The molecule has 0 aromatic carbocycles. The van der Waals surface area contributed by atoms with Crippen molar-refractivity contribution in [3.63, 3.8) is 0 Å². The molecular weight excluding hydrogens is 230 g/mol. The van der Waals surface area contributed by atoms with Gasteiger partial charge < -0.3 is 15.0 Å². The van der Waals surface area contributed by atoms with Gasteiger partial charge in [-0.3, -0.25) is 0 Å². The maximum atomic E-state index is 6.07. The molecule has 5 heteroatoms. The van der Waals surface area contributed by atoms with Gasteiger partial charge in [-0.05, 0) is 25.2 Å². The third kappa shape index (κ3) is 3.29. The van der Waals surface area contributed by atoms with Crippen LogP contribution in [0, 0.1) is 5.92 Å². The Balaban J connectivity index is 1.92. The van der Waals surface area contributed by atoms with Crippen LogP contribution in [0.4, 0.5) is 0 Å². The van der Waals surface area contributed by atoms with Crippen molar-refractivity contribution in [3.05, 3.63) is 11.7 Å². The molecule has 0 saturated carbocycles. The molecular formula is C13H23N3O2. The lowest BCUT2D eigenvalue weighted by Crippen LogP contribution is -2.22. The van der Waals surface area contributed by atoms with Crippen molar-refractivity contribution in [2.24, 2.45) is 11.7 Å². The van der Waals surface area contributed by atoms with Crippen LogP contribution in [0.15, 0.2) is 4.52 Å². The van der Waals surface area contributed by atoms with E-state index in [0.717, 1.165) is 38.1 Å². The van der Waals surface area contributed by atoms with Gasteiger partial charge in [0.15, 0.2) is 5.82 Å². The van der Waals surface area contributed by atoms with E-state index in [4.69, 9.17) is 15.0 Å². The minimum Gasteiger partial charge on any atom is -0.378 e. The minimum atomic E-state index is -0.163. The maximum Gasteiger partial charge on any atom is 0.243 e. The van der Waals surface area contributed by atoms with E-state index in [9.17, 15) is 0 Å². The molecule has 1 unspecified atom stereocenters. The number of nitrogens with zero attached hydrogens (tertiary/aromatic N) is 2. The number of hydrogen-bond acceptors (Lipinski definition) is 5. The third-order valence-corrected chi connectivity index (χ3v) is 3.71. The van der Waals surface area contributed by atoms with Gasteiger partial charge >= 0.3 is 0 Å². The van der Waals surface area contributed by atoms with Crippen LogP contribution in [-0.2, 0) is 11.2 Å². The number of rotatable bonds is 5. The molecule has 0 spiro atoms. The van der Waals surface area contributed by atoms with Gasteiger partial charge in [0.1, 0.15) is 0 Å². The molecule has 5 nitrogen and oxygen atoms in total. The molecule has 0 radical (unpaired) electrons. The first-order chi connectivity index (χ1) is 8.70. The minimum absolute atomic E-state index is 0.163. The second kappa shape index (κ2) is 6.29. The first-order valence-electron chi connectivity index (χ1n) is 6.90. The second-order valence-corrected chi connectivity index (χ2v) is 5.15. The molecule has 2 rings (SSSR count). The summed E-state index contributed by atoms with van der Waals surface area (Å²) in [5.41, 5.74) is 6.07. The predicted molar refractivity (Wildman–Crippen MR) is 68.0 cm³/mol. The Bertz CT molecular complexity index is 361. The summed E-state index contributed by atoms with van der Waals surface area (Å²) in [5.74, 6) is 1.62. The predicted octanol–water partition coefficient (Wildman–Crippen LogP) is 2.23. The van der Waals surface area contributed by atoms with Crippen molar-refractivity contribution in [1.29, 1.82) is 0 Å². The number of aromatic nitrogens is 2. The molecule has 1 aromatic heterocycles. The van der Waals surface area contributed by atoms with E-state index in [1.165, 1.54) is 6.42 Å². The third-order valence-electron chi connectivity index (χ3n) is 3.71. The van der Waals surface area contributed by atoms with Crippen molar-refractivity contribution < 1.29 is 9.26 Å². The van der Waals surface area contributed by atoms with E-state index in [0.29, 0.717) is 11.8 Å². The zero-order valence-electron chi connectivity index (χ0n) is 11.3. The van der Waals surface area contributed by atoms with E-state index in [2.05, 4.69) is 24.0 Å². The number of ether oxygens (including phenoxy) is 1. The lowest BCUT2D eigenvalue weighted by Gasteiger charge is -2.20. The molecule has 1 saturated heterocycles. The fourth-order valence-corrected chi connectivity index (χ4v) is 2.16. The number of nitrogens with two attached hydrogens (primary N) is 1. The van der Waals surface area contributed by atoms with Gasteiger partial charge in [-0.1, -0.05) is 25.4 Å². The van der Waals surface area contributed by atoms with E-state index < -0.39 is 0 Å². The summed E-state index contributed by atoms with van der Waals surface area (Å²) in [6, 6.07) is -0.163. The second-order valence-electron chi connectivity index (χ2n) is 5.15. The quantitative estimate of drug-likeness (QED) is 0.871. The van der Waals surface area contributed by atoms with Crippen LogP contribution < -0.4 is 5.73 Å². The van der Waals surface area contributed by atoms with Crippen molar-refractivity contribution in [1.82, 2.24) is 10.1 Å². The van der Waals surface area contributed by atoms with Crippen LogP contribution in [-0.4, -0.2) is 22.9 Å². The summed E-state index contributed by atoms with van der Waals surface area (Å²) in [6.45, 7) is 5.05. The standard InChI is InChI=1S/C13H23N3O2/c1-3-9(2)12(14)13-15-11(16-18-13)8-10-6-4-5-7-17-10/h9-10,12H,3-8,14H2,1-2H3/t9-,10?,12-/m0/s1. The first-order valence-corrected chi connectivity index (χ1v) is 6.90. The fraction of sp³-hybridized carbons (Fsp3) is 0.846. The summed E-state index contributed by atoms with van der Waals surface area (Å²) in [4.78, 5) is 4.39. The van der Waals surface area contributed by atoms with Crippen LogP contribution in [0.25, 0.3) is 0 Å². The van der Waals surface area contributed by atoms with Gasteiger partial charge in [-0.2, -0.15) is 4.98 Å². The summed E-state index contributed by atoms with van der Waals surface area (Å²) < 4.78 is 10.9. The largest absolute Gasteiger partial charge is 0.378 e. The smallest absolute Gasteiger partial charge is 0.243 e.